The molecule has 148 valence electrons. The van der Waals surface area contributed by atoms with Gasteiger partial charge in [-0.3, -0.25) is 14.9 Å². The van der Waals surface area contributed by atoms with E-state index in [9.17, 15) is 19.7 Å². The number of amides is 1. The third-order valence-electron chi connectivity index (χ3n) is 4.24. The second-order valence-electron chi connectivity index (χ2n) is 6.85. The summed E-state index contributed by atoms with van der Waals surface area (Å²) in [6, 6.07) is 13.4. The maximum absolute atomic E-state index is 12.6. The lowest BCUT2D eigenvalue weighted by Crippen LogP contribution is -2.40. The molecule has 1 atom stereocenters. The first kappa shape index (κ1) is 21.6. The number of esters is 1. The molecule has 0 aromatic heterocycles. The normalized spacial score (nSPS) is 12.1. The maximum Gasteiger partial charge on any atom is 0.339 e. The second-order valence-corrected chi connectivity index (χ2v) is 7.77. The minimum atomic E-state index is -1.52. The van der Waals surface area contributed by atoms with Crippen molar-refractivity contribution in [3.63, 3.8) is 0 Å². The van der Waals surface area contributed by atoms with Crippen molar-refractivity contribution in [2.24, 2.45) is 0 Å². The third-order valence-corrected chi connectivity index (χ3v) is 4.77. The molecule has 0 unspecified atom stereocenters. The molecular formula is C20H21BrN2O5. The van der Waals surface area contributed by atoms with E-state index in [4.69, 9.17) is 4.74 Å². The van der Waals surface area contributed by atoms with Gasteiger partial charge in [0.15, 0.2) is 6.10 Å². The van der Waals surface area contributed by atoms with Crippen LogP contribution in [0.3, 0.4) is 0 Å². The Labute approximate surface area is 171 Å². The first-order valence-electron chi connectivity index (χ1n) is 8.55. The zero-order chi connectivity index (χ0) is 20.9. The fraction of sp³-hybridized carbons (Fsp3) is 0.300. The molecule has 0 fully saturated rings. The lowest BCUT2D eigenvalue weighted by molar-refractivity contribution is -0.574. The van der Waals surface area contributed by atoms with Crippen LogP contribution in [0.1, 0.15) is 48.4 Å². The highest BCUT2D eigenvalue weighted by atomic mass is 79.9. The Morgan fingerprint density at radius 1 is 1.14 bits per heavy atom. The summed E-state index contributed by atoms with van der Waals surface area (Å²) in [5.41, 5.74) is 0.102. The number of hydrogen-bond donors (Lipinski definition) is 1. The Balaban J connectivity index is 2.23. The lowest BCUT2D eigenvalue weighted by Gasteiger charge is -2.27. The Kier molecular flexibility index (Phi) is 6.90. The van der Waals surface area contributed by atoms with Gasteiger partial charge in [-0.05, 0) is 35.4 Å². The summed E-state index contributed by atoms with van der Waals surface area (Å²) in [7, 11) is 0. The van der Waals surface area contributed by atoms with Crippen molar-refractivity contribution >= 4 is 27.8 Å². The molecule has 8 heteroatoms. The summed E-state index contributed by atoms with van der Waals surface area (Å²) in [4.78, 5) is 34.7. The van der Waals surface area contributed by atoms with Crippen LogP contribution in [-0.4, -0.2) is 22.3 Å². The number of ether oxygens (including phenoxy) is 1. The molecule has 2 aromatic carbocycles. The van der Waals surface area contributed by atoms with Gasteiger partial charge in [0.05, 0.1) is 5.56 Å². The molecule has 0 bridgehead atoms. The smallest absolute Gasteiger partial charge is 0.339 e. The Hall–Kier alpha value is -2.74. The van der Waals surface area contributed by atoms with Gasteiger partial charge in [0.1, 0.15) is 0 Å². The fourth-order valence-electron chi connectivity index (χ4n) is 2.51. The number of rotatable bonds is 7. The van der Waals surface area contributed by atoms with E-state index in [1.807, 2.05) is 0 Å². The molecule has 0 saturated carbocycles. The molecule has 0 aliphatic rings. The van der Waals surface area contributed by atoms with Gasteiger partial charge in [0.2, 0.25) is 5.91 Å². The van der Waals surface area contributed by atoms with Crippen LogP contribution in [0, 0.1) is 10.1 Å². The average Bonchev–Trinajstić information content (AvgIpc) is 2.65. The maximum atomic E-state index is 12.6. The molecule has 0 saturated heterocycles. The summed E-state index contributed by atoms with van der Waals surface area (Å²) in [6.45, 7) is 4.61. The number of nitro groups is 1. The molecule has 0 radical (unpaired) electrons. The molecule has 1 N–H and O–H groups in total. The summed E-state index contributed by atoms with van der Waals surface area (Å²) in [6.07, 6.45) is -1.07. The van der Waals surface area contributed by atoms with Crippen LogP contribution < -0.4 is 5.32 Å². The van der Waals surface area contributed by atoms with Crippen molar-refractivity contribution in [2.45, 2.75) is 39.0 Å². The van der Waals surface area contributed by atoms with Gasteiger partial charge >= 0.3 is 5.97 Å². The van der Waals surface area contributed by atoms with E-state index in [0.29, 0.717) is 12.1 Å². The summed E-state index contributed by atoms with van der Waals surface area (Å²) >= 11 is 3.32. The van der Waals surface area contributed by atoms with Crippen molar-refractivity contribution in [3.05, 3.63) is 79.8 Å². The molecule has 28 heavy (non-hydrogen) atoms. The van der Waals surface area contributed by atoms with Crippen molar-refractivity contribution in [2.75, 3.05) is 0 Å². The molecule has 0 aliphatic heterocycles. The van der Waals surface area contributed by atoms with Crippen molar-refractivity contribution in [1.29, 1.82) is 0 Å². The highest BCUT2D eigenvalue weighted by Crippen LogP contribution is 2.33. The predicted molar refractivity (Wildman–Crippen MR) is 107 cm³/mol. The zero-order valence-corrected chi connectivity index (χ0v) is 17.4. The molecule has 0 aliphatic carbocycles. The number of halogens is 1. The van der Waals surface area contributed by atoms with E-state index >= 15 is 0 Å². The van der Waals surface area contributed by atoms with Crippen molar-refractivity contribution in [3.8, 4) is 0 Å². The van der Waals surface area contributed by atoms with E-state index < -0.39 is 22.5 Å². The van der Waals surface area contributed by atoms with Gasteiger partial charge in [0.25, 0.3) is 5.54 Å². The molecule has 1 amide bonds. The molecule has 0 heterocycles. The van der Waals surface area contributed by atoms with Gasteiger partial charge < -0.3 is 10.1 Å². The predicted octanol–water partition coefficient (Wildman–Crippen LogP) is 4.04. The van der Waals surface area contributed by atoms with E-state index in [1.165, 1.54) is 20.8 Å². The molecule has 0 spiro atoms. The van der Waals surface area contributed by atoms with Crippen LogP contribution >= 0.6 is 15.9 Å². The number of carbonyl (C=O) groups excluding carboxylic acids is 2. The van der Waals surface area contributed by atoms with Crippen molar-refractivity contribution < 1.29 is 19.2 Å². The van der Waals surface area contributed by atoms with Crippen LogP contribution in [0.5, 0.6) is 0 Å². The number of hydrogen-bond acceptors (Lipinski definition) is 5. The number of benzene rings is 2. The van der Waals surface area contributed by atoms with Crippen LogP contribution in [-0.2, 0) is 16.1 Å². The van der Waals surface area contributed by atoms with Gasteiger partial charge in [-0.25, -0.2) is 4.79 Å². The largest absolute Gasteiger partial charge is 0.446 e. The highest BCUT2D eigenvalue weighted by molar-refractivity contribution is 9.10. The minimum Gasteiger partial charge on any atom is -0.446 e. The van der Waals surface area contributed by atoms with Gasteiger partial charge in [-0.1, -0.05) is 40.2 Å². The van der Waals surface area contributed by atoms with Gasteiger partial charge in [-0.15, -0.1) is 0 Å². The number of nitrogens with zero attached hydrogens (tertiary/aromatic N) is 1. The van der Waals surface area contributed by atoms with Crippen LogP contribution in [0.25, 0.3) is 0 Å². The minimum absolute atomic E-state index is 0.150. The summed E-state index contributed by atoms with van der Waals surface area (Å²) < 4.78 is 6.38. The van der Waals surface area contributed by atoms with E-state index in [0.717, 1.165) is 10.0 Å². The molecular weight excluding hydrogens is 428 g/mol. The van der Waals surface area contributed by atoms with E-state index in [-0.39, 0.29) is 11.5 Å². The molecule has 7 nitrogen and oxygen atoms in total. The fourth-order valence-corrected chi connectivity index (χ4v) is 2.78. The van der Waals surface area contributed by atoms with Gasteiger partial charge in [-0.2, -0.15) is 0 Å². The number of nitrogens with one attached hydrogen (secondary N) is 1. The quantitative estimate of drug-likeness (QED) is 0.391. The monoisotopic (exact) mass is 448 g/mol. The summed E-state index contributed by atoms with van der Waals surface area (Å²) in [5.74, 6) is -0.809. The van der Waals surface area contributed by atoms with Crippen LogP contribution in [0.4, 0.5) is 0 Å². The molecule has 2 aromatic rings. The third kappa shape index (κ3) is 5.39. The lowest BCUT2D eigenvalue weighted by atomic mass is 9.91. The Morgan fingerprint density at radius 2 is 1.71 bits per heavy atom. The SMILES string of the molecule is CC(=O)NCc1ccc(C(=O)O[C@H](c2ccc(Br)cc2)C(C)(C)[N+](=O)[O-])cc1. The van der Waals surface area contributed by atoms with Gasteiger partial charge in [0, 0.05) is 36.7 Å². The highest BCUT2D eigenvalue weighted by Gasteiger charge is 2.45. The van der Waals surface area contributed by atoms with Crippen LogP contribution in [0.2, 0.25) is 0 Å². The number of carbonyl (C=O) groups is 2. The average molecular weight is 449 g/mol. The Morgan fingerprint density at radius 3 is 2.21 bits per heavy atom. The van der Waals surface area contributed by atoms with E-state index in [2.05, 4.69) is 21.2 Å². The van der Waals surface area contributed by atoms with E-state index in [1.54, 1.807) is 48.5 Å². The topological polar surface area (TPSA) is 98.5 Å². The standard InChI is InChI=1S/C20H21BrN2O5/c1-13(24)22-12-14-4-6-16(7-5-14)19(25)28-18(20(2,3)23(26)27)15-8-10-17(21)11-9-15/h4-11,18H,12H2,1-3H3,(H,22,24)/t18-/m1/s1. The zero-order valence-electron chi connectivity index (χ0n) is 15.8. The summed E-state index contributed by atoms with van der Waals surface area (Å²) in [5, 5.41) is 14.2. The Bertz CT molecular complexity index is 863. The second kappa shape index (κ2) is 8.97. The molecule has 2 rings (SSSR count). The van der Waals surface area contributed by atoms with Crippen LogP contribution in [0.15, 0.2) is 53.0 Å². The first-order valence-corrected chi connectivity index (χ1v) is 9.35. The van der Waals surface area contributed by atoms with Crippen molar-refractivity contribution in [1.82, 2.24) is 5.32 Å². The first-order chi connectivity index (χ1) is 13.1.